The molecule has 0 heterocycles. The molecule has 0 bridgehead atoms. The van der Waals surface area contributed by atoms with E-state index >= 15 is 0 Å². The molecule has 0 aromatic heterocycles. The van der Waals surface area contributed by atoms with E-state index in [1.807, 2.05) is 5.32 Å². The van der Waals surface area contributed by atoms with Gasteiger partial charge in [-0.2, -0.15) is 5.11 Å². The van der Waals surface area contributed by atoms with Crippen molar-refractivity contribution in [3.63, 3.8) is 0 Å². The maximum absolute atomic E-state index is 11.4. The Hall–Kier alpha value is -2.48. The molecule has 0 aliphatic heterocycles. The highest BCUT2D eigenvalue weighted by Crippen LogP contribution is 2.32. The zero-order valence-electron chi connectivity index (χ0n) is 17.6. The summed E-state index contributed by atoms with van der Waals surface area (Å²) in [4.78, 5) is 22.5. The number of quaternary nitrogens is 1. The van der Waals surface area contributed by atoms with E-state index in [9.17, 15) is 14.7 Å². The molecule has 0 spiro atoms. The monoisotopic (exact) mass is 408 g/mol. The lowest BCUT2D eigenvalue weighted by Crippen LogP contribution is -2.78. The molecule has 1 aliphatic rings. The van der Waals surface area contributed by atoms with E-state index in [0.717, 1.165) is 32.1 Å². The van der Waals surface area contributed by atoms with Crippen LogP contribution in [0.4, 0.5) is 4.79 Å². The van der Waals surface area contributed by atoms with Crippen molar-refractivity contribution in [2.24, 2.45) is 22.9 Å². The predicted molar refractivity (Wildman–Crippen MR) is 108 cm³/mol. The van der Waals surface area contributed by atoms with Gasteiger partial charge in [-0.25, -0.2) is 15.1 Å². The van der Waals surface area contributed by atoms with Crippen molar-refractivity contribution < 1.29 is 29.5 Å². The molecule has 0 aromatic rings. The number of methoxy groups -OCH3 is 1. The molecule has 0 saturated heterocycles. The second-order valence-corrected chi connectivity index (χ2v) is 7.65. The van der Waals surface area contributed by atoms with E-state index in [2.05, 4.69) is 36.4 Å². The van der Waals surface area contributed by atoms with E-state index in [0.29, 0.717) is 29.7 Å². The zero-order valence-corrected chi connectivity index (χ0v) is 17.6. The van der Waals surface area contributed by atoms with Crippen molar-refractivity contribution in [2.45, 2.75) is 46.0 Å². The van der Waals surface area contributed by atoms with Gasteiger partial charge in [-0.15, -0.1) is 0 Å². The summed E-state index contributed by atoms with van der Waals surface area (Å²) in [6.45, 7) is 8.77. The number of carbonyl (C=O) groups is 2. The minimum Gasteiger partial charge on any atom is -0.478 e. The molecule has 162 valence electrons. The fraction of sp³-hybridized carbons (Fsp3) is 0.619. The molecule has 0 fully saturated rings. The number of hydrogen-bond acceptors (Lipinski definition) is 6. The number of carboxylic acid groups (broad SMARTS) is 1. The Morgan fingerprint density at radius 3 is 2.72 bits per heavy atom. The topological polar surface area (TPSA) is 126 Å². The number of rotatable bonds is 8. The molecular weight excluding hydrogens is 374 g/mol. The van der Waals surface area contributed by atoms with Crippen LogP contribution in [0.15, 0.2) is 40.8 Å². The number of nitrogens with zero attached hydrogens (tertiary/aromatic N) is 1. The molecule has 4 N–H and O–H groups in total. The van der Waals surface area contributed by atoms with Crippen LogP contribution >= 0.6 is 0 Å². The summed E-state index contributed by atoms with van der Waals surface area (Å²) >= 11 is 0. The van der Waals surface area contributed by atoms with Crippen molar-refractivity contribution in [3.8, 4) is 0 Å². The fourth-order valence-electron chi connectivity index (χ4n) is 3.43. The third-order valence-electron chi connectivity index (χ3n) is 5.60. The van der Waals surface area contributed by atoms with Crippen molar-refractivity contribution in [3.05, 3.63) is 35.7 Å². The van der Waals surface area contributed by atoms with Crippen molar-refractivity contribution >= 4 is 12.1 Å². The smallest absolute Gasteiger partial charge is 0.478 e. The largest absolute Gasteiger partial charge is 0.508 e. The van der Waals surface area contributed by atoms with Gasteiger partial charge >= 0.3 is 12.1 Å². The van der Waals surface area contributed by atoms with Gasteiger partial charge < -0.3 is 19.9 Å². The number of aliphatic carboxylic acids is 1. The summed E-state index contributed by atoms with van der Waals surface area (Å²) in [6, 6.07) is 0. The van der Waals surface area contributed by atoms with Gasteiger partial charge in [0.15, 0.2) is 5.70 Å². The molecular formula is C21H34N3O5+. The van der Waals surface area contributed by atoms with Crippen LogP contribution in [-0.4, -0.2) is 37.5 Å². The first-order chi connectivity index (χ1) is 13.8. The van der Waals surface area contributed by atoms with Crippen LogP contribution in [0.25, 0.3) is 0 Å². The fourth-order valence-corrected chi connectivity index (χ4v) is 3.43. The summed E-state index contributed by atoms with van der Waals surface area (Å²) in [5.74, 6) is 0.0211. The van der Waals surface area contributed by atoms with E-state index in [1.165, 1.54) is 12.7 Å². The molecule has 0 aromatic carbocycles. The van der Waals surface area contributed by atoms with Crippen LogP contribution in [0.1, 0.15) is 46.0 Å². The first-order valence-electron chi connectivity index (χ1n) is 9.99. The molecule has 1 aliphatic carbocycles. The lowest BCUT2D eigenvalue weighted by atomic mass is 9.78. The van der Waals surface area contributed by atoms with Crippen molar-refractivity contribution in [1.29, 1.82) is 5.53 Å². The first-order valence-corrected chi connectivity index (χ1v) is 9.99. The lowest BCUT2D eigenvalue weighted by Gasteiger charge is -2.27. The number of hydrogen-bond donors (Lipinski definition) is 3. The molecule has 8 heteroatoms. The Kier molecular flexibility index (Phi) is 10.9. The standard InChI is InChI=1S/C21H33N3O5/c1-14-6-5-7-17(8-9-18(10-15(14)2)16(3)20(25)26)11-23-12-19(24-22)13-29-21(27)28-4/h7,12,14-15,18,22-23H,3,5-6,8-11,13H2,1-2,4H3,(H,25,26)/p+1. The number of ether oxygens (including phenoxy) is 2. The van der Waals surface area contributed by atoms with Crippen LogP contribution in [0.5, 0.6) is 0 Å². The highest BCUT2D eigenvalue weighted by Gasteiger charge is 2.24. The normalized spacial score (nSPS) is 23.5. The van der Waals surface area contributed by atoms with Crippen molar-refractivity contribution in [1.82, 2.24) is 0 Å². The molecule has 1 rings (SSSR count). The Labute approximate surface area is 172 Å². The van der Waals surface area contributed by atoms with Gasteiger partial charge in [0, 0.05) is 5.57 Å². The minimum atomic E-state index is -0.917. The van der Waals surface area contributed by atoms with Gasteiger partial charge in [0.2, 0.25) is 0 Å². The van der Waals surface area contributed by atoms with E-state index in [4.69, 9.17) is 10.3 Å². The Balaban J connectivity index is 2.75. The molecule has 29 heavy (non-hydrogen) atoms. The predicted octanol–water partition coefficient (Wildman–Crippen LogP) is 3.62. The second kappa shape index (κ2) is 12.9. The Morgan fingerprint density at radius 1 is 1.38 bits per heavy atom. The maximum atomic E-state index is 11.4. The third kappa shape index (κ3) is 9.04. The molecule has 0 radical (unpaired) electrons. The number of carboxylic acids is 1. The van der Waals surface area contributed by atoms with Crippen molar-refractivity contribution in [2.75, 3.05) is 20.3 Å². The van der Waals surface area contributed by atoms with E-state index < -0.39 is 12.1 Å². The van der Waals surface area contributed by atoms with Crippen LogP contribution in [0.2, 0.25) is 0 Å². The van der Waals surface area contributed by atoms with Gasteiger partial charge in [0.1, 0.15) is 19.4 Å². The van der Waals surface area contributed by atoms with Crippen LogP contribution in [-0.2, 0) is 14.3 Å². The van der Waals surface area contributed by atoms with Gasteiger partial charge in [-0.3, -0.25) is 0 Å². The highest BCUT2D eigenvalue weighted by molar-refractivity contribution is 5.86. The van der Waals surface area contributed by atoms with Crippen LogP contribution in [0, 0.1) is 23.3 Å². The molecule has 8 nitrogen and oxygen atoms in total. The number of nitrogens with one attached hydrogen (secondary N) is 1. The molecule has 3 unspecified atom stereocenters. The van der Waals surface area contributed by atoms with Crippen LogP contribution < -0.4 is 5.32 Å². The van der Waals surface area contributed by atoms with E-state index in [-0.39, 0.29) is 12.5 Å². The zero-order chi connectivity index (χ0) is 21.8. The van der Waals surface area contributed by atoms with Gasteiger partial charge in [-0.1, -0.05) is 26.5 Å². The highest BCUT2D eigenvalue weighted by atomic mass is 16.7. The number of nitrogens with two attached hydrogens (primary N) is 1. The number of carbonyl (C=O) groups excluding carboxylic acids is 1. The second-order valence-electron chi connectivity index (χ2n) is 7.65. The quantitative estimate of drug-likeness (QED) is 0.245. The van der Waals surface area contributed by atoms with E-state index in [1.54, 1.807) is 6.20 Å². The summed E-state index contributed by atoms with van der Waals surface area (Å²) in [7, 11) is 1.22. The Bertz CT molecular complexity index is 657. The molecule has 0 amide bonds. The van der Waals surface area contributed by atoms with Crippen LogP contribution in [0.3, 0.4) is 0 Å². The molecule has 0 saturated carbocycles. The number of allylic oxidation sites excluding steroid dienone is 1. The Morgan fingerprint density at radius 2 is 2.10 bits per heavy atom. The minimum absolute atomic E-state index is 0.0331. The van der Waals surface area contributed by atoms with Gasteiger partial charge in [0.25, 0.3) is 0 Å². The summed E-state index contributed by atoms with van der Waals surface area (Å²) in [5, 5.41) is 14.6. The average molecular weight is 409 g/mol. The summed E-state index contributed by atoms with van der Waals surface area (Å²) in [6.07, 6.45) is 7.53. The van der Waals surface area contributed by atoms with Gasteiger partial charge in [0.05, 0.1) is 7.11 Å². The lowest BCUT2D eigenvalue weighted by molar-refractivity contribution is -0.581. The third-order valence-corrected chi connectivity index (χ3v) is 5.60. The van der Waals surface area contributed by atoms with Gasteiger partial charge in [-0.05, 0) is 55.4 Å². The summed E-state index contributed by atoms with van der Waals surface area (Å²) < 4.78 is 9.19. The SMILES string of the molecule is C=C(C(=O)O)C1CCC(C[NH2+]C=C(COC(=O)OC)N=N)=CCCC(C)C(C)C1. The maximum Gasteiger partial charge on any atom is 0.508 e. The average Bonchev–Trinajstić information content (AvgIpc) is 2.70. The first kappa shape index (κ1) is 24.6. The summed E-state index contributed by atoms with van der Waals surface area (Å²) in [5.41, 5.74) is 9.02. The molecule has 3 atom stereocenters.